The minimum absolute atomic E-state index is 0.173. The van der Waals surface area contributed by atoms with Crippen LogP contribution < -0.4 is 14.8 Å². The molecular formula is C27H39N3O3. The van der Waals surface area contributed by atoms with Crippen molar-refractivity contribution in [2.75, 3.05) is 26.8 Å². The predicted octanol–water partition coefficient (Wildman–Crippen LogP) is 5.20. The second kappa shape index (κ2) is 12.3. The van der Waals surface area contributed by atoms with E-state index < -0.39 is 0 Å². The molecule has 33 heavy (non-hydrogen) atoms. The van der Waals surface area contributed by atoms with Crippen molar-refractivity contribution < 1.29 is 14.2 Å². The van der Waals surface area contributed by atoms with E-state index in [2.05, 4.69) is 52.8 Å². The van der Waals surface area contributed by atoms with Crippen LogP contribution >= 0.6 is 0 Å². The van der Waals surface area contributed by atoms with Crippen molar-refractivity contribution in [1.29, 1.82) is 0 Å². The summed E-state index contributed by atoms with van der Waals surface area (Å²) >= 11 is 0. The Morgan fingerprint density at radius 3 is 2.61 bits per heavy atom. The van der Waals surface area contributed by atoms with Crippen LogP contribution in [0.15, 0.2) is 30.3 Å². The summed E-state index contributed by atoms with van der Waals surface area (Å²) in [4.78, 5) is 0. The van der Waals surface area contributed by atoms with Gasteiger partial charge in [-0.15, -0.1) is 5.10 Å². The Morgan fingerprint density at radius 2 is 1.85 bits per heavy atom. The van der Waals surface area contributed by atoms with Gasteiger partial charge in [0.05, 0.1) is 24.5 Å². The van der Waals surface area contributed by atoms with Crippen LogP contribution in [0.1, 0.15) is 64.0 Å². The lowest BCUT2D eigenvalue weighted by Crippen LogP contribution is -2.44. The van der Waals surface area contributed by atoms with Crippen LogP contribution in [-0.2, 0) is 11.2 Å². The highest BCUT2D eigenvalue weighted by Gasteiger charge is 2.25. The number of aromatic nitrogens is 2. The Hall–Kier alpha value is -2.18. The molecule has 6 nitrogen and oxygen atoms in total. The summed E-state index contributed by atoms with van der Waals surface area (Å²) in [5, 5.41) is 12.3. The topological polar surface area (TPSA) is 65.5 Å². The number of benzene rings is 1. The van der Waals surface area contributed by atoms with Crippen molar-refractivity contribution >= 4 is 0 Å². The third kappa shape index (κ3) is 6.67. The van der Waals surface area contributed by atoms with E-state index in [0.717, 1.165) is 61.3 Å². The number of nitrogens with zero attached hydrogens (tertiary/aromatic N) is 2. The number of methoxy groups -OCH3 is 1. The largest absolute Gasteiger partial charge is 0.490 e. The first kappa shape index (κ1) is 24.0. The summed E-state index contributed by atoms with van der Waals surface area (Å²) < 4.78 is 18.0. The zero-order valence-electron chi connectivity index (χ0n) is 20.2. The Bertz CT molecular complexity index is 852. The van der Waals surface area contributed by atoms with Gasteiger partial charge >= 0.3 is 0 Å². The molecule has 1 aliphatic carbocycles. The molecule has 1 saturated heterocycles. The number of piperidine rings is 1. The van der Waals surface area contributed by atoms with E-state index in [1.807, 2.05) is 0 Å². The Morgan fingerprint density at radius 1 is 1.03 bits per heavy atom. The lowest BCUT2D eigenvalue weighted by atomic mass is 9.96. The van der Waals surface area contributed by atoms with Gasteiger partial charge in [-0.1, -0.05) is 31.9 Å². The SMILES string of the molecule is CCCCc1nnc(OC[C@@H]2CCNC[C@@H]2OC)cc1-c1ccc(OC2CCCCC2)cc1. The molecule has 1 aliphatic heterocycles. The summed E-state index contributed by atoms with van der Waals surface area (Å²) in [6.07, 6.45) is 10.9. The molecule has 2 fully saturated rings. The van der Waals surface area contributed by atoms with Gasteiger partial charge in [-0.3, -0.25) is 0 Å². The van der Waals surface area contributed by atoms with Crippen molar-refractivity contribution in [3.05, 3.63) is 36.0 Å². The first-order chi connectivity index (χ1) is 16.3. The Balaban J connectivity index is 1.47. The van der Waals surface area contributed by atoms with Crippen molar-refractivity contribution in [3.8, 4) is 22.8 Å². The van der Waals surface area contributed by atoms with Gasteiger partial charge in [0.15, 0.2) is 0 Å². The number of aryl methyl sites for hydroxylation is 1. The number of unbranched alkanes of at least 4 members (excludes halogenated alkanes) is 1. The fourth-order valence-corrected chi connectivity index (χ4v) is 4.88. The lowest BCUT2D eigenvalue weighted by Gasteiger charge is -2.30. The van der Waals surface area contributed by atoms with Crippen LogP contribution in [0.2, 0.25) is 0 Å². The van der Waals surface area contributed by atoms with E-state index in [1.54, 1.807) is 7.11 Å². The van der Waals surface area contributed by atoms with Gasteiger partial charge in [0.2, 0.25) is 5.88 Å². The third-order valence-corrected chi connectivity index (χ3v) is 6.95. The minimum atomic E-state index is 0.173. The molecule has 1 aromatic carbocycles. The Kier molecular flexibility index (Phi) is 8.95. The van der Waals surface area contributed by atoms with Gasteiger partial charge in [-0.2, -0.15) is 5.10 Å². The number of rotatable bonds is 10. The standard InChI is InChI=1S/C27H39N3O3/c1-3-4-10-25-24(20-11-13-23(14-12-20)33-22-8-6-5-7-9-22)17-27(30-29-25)32-19-21-15-16-28-18-26(21)31-2/h11-14,17,21-22,26,28H,3-10,15-16,18-19H2,1-2H3/t21-,26-/m0/s1. The summed E-state index contributed by atoms with van der Waals surface area (Å²) in [7, 11) is 1.77. The zero-order valence-corrected chi connectivity index (χ0v) is 20.2. The molecule has 0 radical (unpaired) electrons. The molecule has 2 heterocycles. The van der Waals surface area contributed by atoms with Crippen LogP contribution in [0, 0.1) is 5.92 Å². The second-order valence-electron chi connectivity index (χ2n) is 9.39. The Labute approximate surface area is 198 Å². The number of hydrogen-bond donors (Lipinski definition) is 1. The predicted molar refractivity (Wildman–Crippen MR) is 131 cm³/mol. The molecule has 180 valence electrons. The van der Waals surface area contributed by atoms with Gasteiger partial charge < -0.3 is 19.5 Å². The summed E-state index contributed by atoms with van der Waals surface area (Å²) in [5.41, 5.74) is 3.27. The van der Waals surface area contributed by atoms with Gasteiger partial charge in [-0.05, 0) is 69.2 Å². The first-order valence-electron chi connectivity index (χ1n) is 12.8. The van der Waals surface area contributed by atoms with E-state index >= 15 is 0 Å². The highest BCUT2D eigenvalue weighted by molar-refractivity contribution is 5.67. The molecule has 0 unspecified atom stereocenters. The summed E-state index contributed by atoms with van der Waals surface area (Å²) in [6, 6.07) is 10.5. The first-order valence-corrected chi connectivity index (χ1v) is 12.8. The lowest BCUT2D eigenvalue weighted by molar-refractivity contribution is 0.0134. The maximum atomic E-state index is 6.22. The molecule has 0 amide bonds. The van der Waals surface area contributed by atoms with Gasteiger partial charge in [0.25, 0.3) is 0 Å². The highest BCUT2D eigenvalue weighted by atomic mass is 16.5. The molecule has 1 saturated carbocycles. The van der Waals surface area contributed by atoms with Crippen LogP contribution in [-0.4, -0.2) is 49.2 Å². The van der Waals surface area contributed by atoms with Gasteiger partial charge in [0.1, 0.15) is 5.75 Å². The number of hydrogen-bond acceptors (Lipinski definition) is 6. The van der Waals surface area contributed by atoms with E-state index in [-0.39, 0.29) is 6.10 Å². The summed E-state index contributed by atoms with van der Waals surface area (Å²) in [6.45, 7) is 4.66. The molecule has 1 aromatic heterocycles. The zero-order chi connectivity index (χ0) is 22.9. The van der Waals surface area contributed by atoms with E-state index in [1.165, 1.54) is 32.1 Å². The second-order valence-corrected chi connectivity index (χ2v) is 9.39. The fraction of sp³-hybridized carbons (Fsp3) is 0.630. The quantitative estimate of drug-likeness (QED) is 0.533. The van der Waals surface area contributed by atoms with E-state index in [0.29, 0.717) is 24.5 Å². The van der Waals surface area contributed by atoms with Crippen molar-refractivity contribution in [2.24, 2.45) is 5.92 Å². The maximum Gasteiger partial charge on any atom is 0.234 e. The smallest absolute Gasteiger partial charge is 0.234 e. The molecule has 2 atom stereocenters. The molecule has 2 aromatic rings. The van der Waals surface area contributed by atoms with Gasteiger partial charge in [-0.25, -0.2) is 0 Å². The van der Waals surface area contributed by atoms with Crippen molar-refractivity contribution in [1.82, 2.24) is 15.5 Å². The highest BCUT2D eigenvalue weighted by Crippen LogP contribution is 2.30. The average Bonchev–Trinajstić information content (AvgIpc) is 2.87. The molecule has 4 rings (SSSR count). The molecular weight excluding hydrogens is 414 g/mol. The van der Waals surface area contributed by atoms with Crippen molar-refractivity contribution in [2.45, 2.75) is 76.9 Å². The van der Waals surface area contributed by atoms with Crippen molar-refractivity contribution in [3.63, 3.8) is 0 Å². The minimum Gasteiger partial charge on any atom is -0.490 e. The molecule has 0 bridgehead atoms. The molecule has 2 aliphatic rings. The molecule has 6 heteroatoms. The summed E-state index contributed by atoms with van der Waals surface area (Å²) in [5.74, 6) is 1.90. The fourth-order valence-electron chi connectivity index (χ4n) is 4.88. The van der Waals surface area contributed by atoms with Crippen LogP contribution in [0.4, 0.5) is 0 Å². The van der Waals surface area contributed by atoms with Gasteiger partial charge in [0, 0.05) is 31.2 Å². The molecule has 0 spiro atoms. The molecule has 1 N–H and O–H groups in total. The maximum absolute atomic E-state index is 6.22. The normalized spacial score (nSPS) is 21.6. The third-order valence-electron chi connectivity index (χ3n) is 6.95. The van der Waals surface area contributed by atoms with E-state index in [9.17, 15) is 0 Å². The number of ether oxygens (including phenoxy) is 3. The van der Waals surface area contributed by atoms with Crippen LogP contribution in [0.5, 0.6) is 11.6 Å². The monoisotopic (exact) mass is 453 g/mol. The van der Waals surface area contributed by atoms with E-state index in [4.69, 9.17) is 14.2 Å². The average molecular weight is 454 g/mol. The number of nitrogens with one attached hydrogen (secondary N) is 1. The van der Waals surface area contributed by atoms with Crippen LogP contribution in [0.25, 0.3) is 11.1 Å². The van der Waals surface area contributed by atoms with Crippen LogP contribution in [0.3, 0.4) is 0 Å².